The lowest BCUT2D eigenvalue weighted by Gasteiger charge is -2.20. The number of aromatic nitrogens is 1. The largest absolute Gasteiger partial charge is 0.417 e. The van der Waals surface area contributed by atoms with Crippen molar-refractivity contribution in [1.29, 1.82) is 0 Å². The van der Waals surface area contributed by atoms with Gasteiger partial charge in [-0.25, -0.2) is 9.99 Å². The second-order valence-corrected chi connectivity index (χ2v) is 4.42. The van der Waals surface area contributed by atoms with Gasteiger partial charge in [0.25, 0.3) is 0 Å². The zero-order chi connectivity index (χ0) is 13.5. The molecule has 0 saturated carbocycles. The van der Waals surface area contributed by atoms with Crippen LogP contribution in [0.2, 0.25) is 5.02 Å². The molecule has 0 aliphatic carbocycles. The fraction of sp³-hybridized carbons (Fsp3) is 0.400. The number of nitrogens with two attached hydrogens (primary N) is 1. The second-order valence-electron chi connectivity index (χ2n) is 4.02. The van der Waals surface area contributed by atoms with Crippen LogP contribution in [0.5, 0.6) is 0 Å². The summed E-state index contributed by atoms with van der Waals surface area (Å²) in [7, 11) is 0. The maximum atomic E-state index is 12.5. The molecular formula is C10H10ClF3N4. The zero-order valence-electron chi connectivity index (χ0n) is 9.37. The summed E-state index contributed by atoms with van der Waals surface area (Å²) in [5, 5.41) is 5.32. The van der Waals surface area contributed by atoms with E-state index in [0.717, 1.165) is 12.3 Å². The number of hydrazone groups is 1. The second kappa shape index (κ2) is 4.31. The summed E-state index contributed by atoms with van der Waals surface area (Å²) in [5.74, 6) is 0.581. The molecule has 0 amide bonds. The first-order valence-corrected chi connectivity index (χ1v) is 5.51. The van der Waals surface area contributed by atoms with E-state index in [1.807, 2.05) is 6.92 Å². The third kappa shape index (κ3) is 2.35. The number of halogens is 4. The lowest BCUT2D eigenvalue weighted by atomic mass is 10.2. The van der Waals surface area contributed by atoms with E-state index in [2.05, 4.69) is 10.1 Å². The number of nitrogens with zero attached hydrogens (tertiary/aromatic N) is 3. The molecule has 8 heteroatoms. The number of alkyl halides is 3. The van der Waals surface area contributed by atoms with Gasteiger partial charge in [-0.3, -0.25) is 0 Å². The highest BCUT2D eigenvalue weighted by Crippen LogP contribution is 2.35. The van der Waals surface area contributed by atoms with Crippen LogP contribution in [0, 0.1) is 0 Å². The molecule has 1 atom stereocenters. The van der Waals surface area contributed by atoms with Crippen molar-refractivity contribution in [3.8, 4) is 0 Å². The molecule has 0 radical (unpaired) electrons. The van der Waals surface area contributed by atoms with Crippen LogP contribution in [0.3, 0.4) is 0 Å². The molecule has 2 N–H and O–H groups in total. The number of hydrogen-bond donors (Lipinski definition) is 1. The predicted molar refractivity (Wildman–Crippen MR) is 62.4 cm³/mol. The Balaban J connectivity index is 2.37. The summed E-state index contributed by atoms with van der Waals surface area (Å²) in [6.07, 6.45) is -3.20. The minimum atomic E-state index is -4.46. The van der Waals surface area contributed by atoms with E-state index in [1.54, 1.807) is 0 Å². The first-order chi connectivity index (χ1) is 8.29. The topological polar surface area (TPSA) is 54.5 Å². The van der Waals surface area contributed by atoms with E-state index < -0.39 is 11.7 Å². The first-order valence-electron chi connectivity index (χ1n) is 5.14. The number of anilines is 1. The Hall–Kier alpha value is -1.50. The van der Waals surface area contributed by atoms with Crippen molar-refractivity contribution in [2.45, 2.75) is 25.6 Å². The van der Waals surface area contributed by atoms with Crippen LogP contribution < -0.4 is 10.7 Å². The third-order valence-corrected chi connectivity index (χ3v) is 2.80. The third-order valence-electron chi connectivity index (χ3n) is 2.52. The van der Waals surface area contributed by atoms with Crippen LogP contribution in [0.25, 0.3) is 0 Å². The average molecular weight is 279 g/mol. The smallest absolute Gasteiger partial charge is 0.386 e. The first kappa shape index (κ1) is 12.9. The molecule has 0 saturated heterocycles. The Kier molecular flexibility index (Phi) is 3.10. The monoisotopic (exact) mass is 278 g/mol. The molecular weight excluding hydrogens is 269 g/mol. The zero-order valence-corrected chi connectivity index (χ0v) is 10.1. The molecule has 18 heavy (non-hydrogen) atoms. The van der Waals surface area contributed by atoms with Crippen molar-refractivity contribution in [3.63, 3.8) is 0 Å². The van der Waals surface area contributed by atoms with Gasteiger partial charge in [0.1, 0.15) is 5.84 Å². The summed E-state index contributed by atoms with van der Waals surface area (Å²) in [6.45, 7) is 1.83. The Labute approximate surface area is 106 Å². The molecule has 1 aliphatic heterocycles. The Morgan fingerprint density at radius 2 is 2.17 bits per heavy atom. The van der Waals surface area contributed by atoms with Gasteiger partial charge >= 0.3 is 6.18 Å². The minimum absolute atomic E-state index is 0.0771. The van der Waals surface area contributed by atoms with Gasteiger partial charge in [0.05, 0.1) is 16.6 Å². The number of rotatable bonds is 1. The molecule has 0 spiro atoms. The fourth-order valence-corrected chi connectivity index (χ4v) is 1.93. The summed E-state index contributed by atoms with van der Waals surface area (Å²) in [4.78, 5) is 3.72. The highest BCUT2D eigenvalue weighted by atomic mass is 35.5. The van der Waals surface area contributed by atoms with Gasteiger partial charge < -0.3 is 5.73 Å². The van der Waals surface area contributed by atoms with Gasteiger partial charge in [-0.05, 0) is 13.0 Å². The van der Waals surface area contributed by atoms with E-state index in [9.17, 15) is 13.2 Å². The number of pyridine rings is 1. The lowest BCUT2D eigenvalue weighted by Crippen LogP contribution is -2.24. The molecule has 0 bridgehead atoms. The molecule has 4 nitrogen and oxygen atoms in total. The minimum Gasteiger partial charge on any atom is -0.386 e. The maximum absolute atomic E-state index is 12.5. The molecule has 1 aromatic rings. The molecule has 2 heterocycles. The normalized spacial score (nSPS) is 20.2. The van der Waals surface area contributed by atoms with Crippen LogP contribution >= 0.6 is 11.6 Å². The van der Waals surface area contributed by atoms with Crippen molar-refractivity contribution in [2.24, 2.45) is 10.8 Å². The summed E-state index contributed by atoms with van der Waals surface area (Å²) < 4.78 is 37.4. The SMILES string of the molecule is CC1CC(N)=NN1c1ncc(C(F)(F)F)cc1Cl. The predicted octanol–water partition coefficient (Wildman–Crippen LogP) is 2.62. The molecule has 98 valence electrons. The number of amidine groups is 1. The molecule has 1 aromatic heterocycles. The van der Waals surface area contributed by atoms with Gasteiger partial charge in [-0.1, -0.05) is 11.6 Å². The van der Waals surface area contributed by atoms with Gasteiger partial charge in [0, 0.05) is 12.6 Å². The van der Waals surface area contributed by atoms with Crippen LogP contribution in [-0.2, 0) is 6.18 Å². The van der Waals surface area contributed by atoms with Gasteiger partial charge in [0.2, 0.25) is 0 Å². The standard InChI is InChI=1S/C10H10ClF3N4/c1-5-2-8(15)17-18(5)9-7(11)3-6(4-16-9)10(12,13)14/h3-5H,2H2,1H3,(H2,15,17). The molecule has 1 unspecified atom stereocenters. The molecule has 2 rings (SSSR count). The van der Waals surface area contributed by atoms with E-state index in [-0.39, 0.29) is 16.9 Å². The van der Waals surface area contributed by atoms with E-state index >= 15 is 0 Å². The van der Waals surface area contributed by atoms with E-state index in [4.69, 9.17) is 17.3 Å². The Bertz CT molecular complexity index is 500. The van der Waals surface area contributed by atoms with Crippen molar-refractivity contribution < 1.29 is 13.2 Å². The van der Waals surface area contributed by atoms with Crippen molar-refractivity contribution >= 4 is 23.3 Å². The van der Waals surface area contributed by atoms with Gasteiger partial charge in [-0.2, -0.15) is 18.3 Å². The average Bonchev–Trinajstić information content (AvgIpc) is 2.56. The summed E-state index contributed by atoms with van der Waals surface area (Å²) in [6, 6.07) is 0.757. The molecule has 1 aliphatic rings. The lowest BCUT2D eigenvalue weighted by molar-refractivity contribution is -0.137. The molecule has 0 aromatic carbocycles. The number of hydrogen-bond acceptors (Lipinski definition) is 4. The highest BCUT2D eigenvalue weighted by molar-refractivity contribution is 6.33. The van der Waals surface area contributed by atoms with E-state index in [0.29, 0.717) is 12.3 Å². The van der Waals surface area contributed by atoms with Crippen LogP contribution in [-0.4, -0.2) is 16.9 Å². The van der Waals surface area contributed by atoms with Gasteiger partial charge in [-0.15, -0.1) is 0 Å². The highest BCUT2D eigenvalue weighted by Gasteiger charge is 2.33. The summed E-state index contributed by atoms with van der Waals surface area (Å²) >= 11 is 5.81. The van der Waals surface area contributed by atoms with Crippen molar-refractivity contribution in [1.82, 2.24) is 4.98 Å². The van der Waals surface area contributed by atoms with Crippen LogP contribution in [0.1, 0.15) is 18.9 Å². The summed E-state index contributed by atoms with van der Waals surface area (Å²) in [5.41, 5.74) is 4.67. The van der Waals surface area contributed by atoms with Crippen LogP contribution in [0.15, 0.2) is 17.4 Å². The van der Waals surface area contributed by atoms with Crippen molar-refractivity contribution in [3.05, 3.63) is 22.8 Å². The molecule has 0 fully saturated rings. The Morgan fingerprint density at radius 1 is 1.50 bits per heavy atom. The van der Waals surface area contributed by atoms with Crippen LogP contribution in [0.4, 0.5) is 19.0 Å². The fourth-order valence-electron chi connectivity index (χ4n) is 1.68. The Morgan fingerprint density at radius 3 is 2.61 bits per heavy atom. The maximum Gasteiger partial charge on any atom is 0.417 e. The van der Waals surface area contributed by atoms with E-state index in [1.165, 1.54) is 5.01 Å². The van der Waals surface area contributed by atoms with Gasteiger partial charge in [0.15, 0.2) is 5.82 Å². The van der Waals surface area contributed by atoms with Crippen molar-refractivity contribution in [2.75, 3.05) is 5.01 Å². The quantitative estimate of drug-likeness (QED) is 0.859.